The third-order valence-corrected chi connectivity index (χ3v) is 8.19. The zero-order chi connectivity index (χ0) is 29.2. The van der Waals surface area contributed by atoms with Gasteiger partial charge in [-0.1, -0.05) is 24.3 Å². The van der Waals surface area contributed by atoms with Gasteiger partial charge in [0, 0.05) is 38.8 Å². The first-order valence-electron chi connectivity index (χ1n) is 12.5. The molecule has 3 N–H and O–H groups in total. The van der Waals surface area contributed by atoms with Crippen LogP contribution in [-0.2, 0) is 22.4 Å². The molecule has 3 aromatic rings. The molecule has 4 rings (SSSR count). The largest absolute Gasteiger partial charge is 0.495 e. The number of methoxy groups -OCH3 is 1. The number of hydrogen-bond acceptors (Lipinski definition) is 8. The predicted octanol–water partition coefficient (Wildman–Crippen LogP) is 4.06. The third-order valence-electron chi connectivity index (χ3n) is 6.92. The second-order valence-corrected chi connectivity index (χ2v) is 11.7. The van der Waals surface area contributed by atoms with Crippen LogP contribution >= 0.6 is 0 Å². The number of likely N-dealkylation sites (N-methyl/N-ethyl adjacent to an activating group) is 1. The van der Waals surface area contributed by atoms with Crippen LogP contribution in [0.15, 0.2) is 48.7 Å². The summed E-state index contributed by atoms with van der Waals surface area (Å²) in [6, 6.07) is 11.0. The van der Waals surface area contributed by atoms with E-state index in [1.807, 2.05) is 24.3 Å². The number of aryl methyl sites for hydroxylation is 1. The minimum Gasteiger partial charge on any atom is -0.495 e. The molecule has 40 heavy (non-hydrogen) atoms. The molecule has 1 aliphatic carbocycles. The number of nitrogens with one attached hydrogen (secondary N) is 3. The molecule has 0 saturated heterocycles. The highest BCUT2D eigenvalue weighted by molar-refractivity contribution is 7.88. The van der Waals surface area contributed by atoms with Crippen LogP contribution in [0.4, 0.5) is 26.2 Å². The molecule has 214 valence electrons. The lowest BCUT2D eigenvalue weighted by atomic mass is 9.84. The fraction of sp³-hybridized carbons (Fsp3) is 0.370. The highest BCUT2D eigenvalue weighted by Crippen LogP contribution is 2.39. The quantitative estimate of drug-likeness (QED) is 0.350. The molecular formula is C27H32F2N6O4S. The summed E-state index contributed by atoms with van der Waals surface area (Å²) in [4.78, 5) is 20.5. The highest BCUT2D eigenvalue weighted by atomic mass is 32.2. The summed E-state index contributed by atoms with van der Waals surface area (Å²) in [5.74, 6) is -3.38. The normalized spacial score (nSPS) is 17.2. The molecule has 0 fully saturated rings. The summed E-state index contributed by atoms with van der Waals surface area (Å²) < 4.78 is 61.2. The number of hydrogen-bond donors (Lipinski definition) is 3. The molecular weight excluding hydrogens is 542 g/mol. The molecule has 0 bridgehead atoms. The second kappa shape index (κ2) is 11.3. The van der Waals surface area contributed by atoms with Crippen LogP contribution in [0, 0.1) is 0 Å². The van der Waals surface area contributed by atoms with E-state index in [0.29, 0.717) is 29.8 Å². The van der Waals surface area contributed by atoms with Gasteiger partial charge in [0.1, 0.15) is 11.6 Å². The second-order valence-electron chi connectivity index (χ2n) is 9.68. The maximum absolute atomic E-state index is 14.7. The number of amides is 1. The van der Waals surface area contributed by atoms with Crippen molar-refractivity contribution >= 4 is 33.4 Å². The summed E-state index contributed by atoms with van der Waals surface area (Å²) in [7, 11) is 0.805. The molecule has 0 radical (unpaired) electrons. The summed E-state index contributed by atoms with van der Waals surface area (Å²) in [6.45, 7) is 0.751. The summed E-state index contributed by atoms with van der Waals surface area (Å²) in [5.41, 5.74) is 2.16. The lowest BCUT2D eigenvalue weighted by molar-refractivity contribution is 0.0175. The fourth-order valence-corrected chi connectivity index (χ4v) is 5.47. The number of anilines is 3. The molecule has 10 nitrogen and oxygen atoms in total. The van der Waals surface area contributed by atoms with Crippen molar-refractivity contribution in [3.63, 3.8) is 0 Å². The van der Waals surface area contributed by atoms with E-state index in [0.717, 1.165) is 30.5 Å². The van der Waals surface area contributed by atoms with Gasteiger partial charge in [-0.3, -0.25) is 4.79 Å². The van der Waals surface area contributed by atoms with Gasteiger partial charge >= 0.3 is 0 Å². The molecule has 13 heteroatoms. The van der Waals surface area contributed by atoms with Crippen LogP contribution in [0.5, 0.6) is 5.75 Å². The van der Waals surface area contributed by atoms with Crippen LogP contribution < -0.4 is 20.7 Å². The lowest BCUT2D eigenvalue weighted by Gasteiger charge is -2.39. The molecule has 1 aromatic heterocycles. The number of alkyl halides is 2. The molecule has 1 amide bonds. The van der Waals surface area contributed by atoms with Gasteiger partial charge in [-0.25, -0.2) is 22.2 Å². The number of sulfonamides is 1. The Balaban J connectivity index is 1.73. The lowest BCUT2D eigenvalue weighted by Crippen LogP contribution is -2.44. The number of benzene rings is 2. The minimum atomic E-state index is -3.62. The van der Waals surface area contributed by atoms with E-state index in [4.69, 9.17) is 4.74 Å². The van der Waals surface area contributed by atoms with E-state index < -0.39 is 33.6 Å². The van der Waals surface area contributed by atoms with E-state index >= 15 is 0 Å². The van der Waals surface area contributed by atoms with Gasteiger partial charge in [-0.15, -0.1) is 0 Å². The van der Waals surface area contributed by atoms with E-state index in [1.165, 1.54) is 31.6 Å². The number of carbonyl (C=O) groups excluding carboxylic acids is 1. The van der Waals surface area contributed by atoms with Crippen LogP contribution in [0.25, 0.3) is 0 Å². The van der Waals surface area contributed by atoms with Crippen molar-refractivity contribution in [2.45, 2.75) is 37.8 Å². The maximum atomic E-state index is 14.7. The Hall–Kier alpha value is -3.84. The molecule has 2 aromatic carbocycles. The third kappa shape index (κ3) is 6.15. The van der Waals surface area contributed by atoms with Crippen LogP contribution in [0.2, 0.25) is 0 Å². The van der Waals surface area contributed by atoms with Crippen LogP contribution in [0.3, 0.4) is 0 Å². The van der Waals surface area contributed by atoms with Crippen LogP contribution in [0.1, 0.15) is 46.4 Å². The monoisotopic (exact) mass is 574 g/mol. The average molecular weight is 575 g/mol. The summed E-state index contributed by atoms with van der Waals surface area (Å²) in [5, 5.41) is 8.63. The van der Waals surface area contributed by atoms with Crippen molar-refractivity contribution in [3.05, 3.63) is 70.9 Å². The van der Waals surface area contributed by atoms with Crippen molar-refractivity contribution < 1.29 is 26.7 Å². The van der Waals surface area contributed by atoms with Gasteiger partial charge in [0.2, 0.25) is 16.0 Å². The number of carbonyl (C=O) groups is 1. The molecule has 0 aliphatic heterocycles. The van der Waals surface area contributed by atoms with Crippen molar-refractivity contribution in [2.24, 2.45) is 0 Å². The summed E-state index contributed by atoms with van der Waals surface area (Å²) in [6.07, 6.45) is 3.26. The van der Waals surface area contributed by atoms with Gasteiger partial charge in [0.15, 0.2) is 0 Å². The van der Waals surface area contributed by atoms with E-state index in [-0.39, 0.29) is 17.7 Å². The molecule has 2 unspecified atom stereocenters. The first-order valence-corrected chi connectivity index (χ1v) is 14.4. The zero-order valence-electron chi connectivity index (χ0n) is 22.8. The first kappa shape index (κ1) is 29.2. The van der Waals surface area contributed by atoms with Crippen molar-refractivity contribution in [3.8, 4) is 5.75 Å². The van der Waals surface area contributed by atoms with Crippen molar-refractivity contribution in [1.82, 2.24) is 19.6 Å². The van der Waals surface area contributed by atoms with Crippen molar-refractivity contribution in [1.29, 1.82) is 0 Å². The van der Waals surface area contributed by atoms with E-state index in [2.05, 4.69) is 25.9 Å². The molecule has 1 heterocycles. The Labute approximate surface area is 232 Å². The zero-order valence-corrected chi connectivity index (χ0v) is 23.6. The molecule has 1 aliphatic rings. The Kier molecular flexibility index (Phi) is 8.26. The Morgan fingerprint density at radius 1 is 1.20 bits per heavy atom. The average Bonchev–Trinajstić information content (AvgIpc) is 2.91. The Morgan fingerprint density at radius 2 is 1.93 bits per heavy atom. The maximum Gasteiger partial charge on any atom is 0.275 e. The van der Waals surface area contributed by atoms with Gasteiger partial charge in [-0.05, 0) is 42.2 Å². The highest BCUT2D eigenvalue weighted by Gasteiger charge is 2.38. The molecule has 0 saturated carbocycles. The number of fused-ring (bicyclic) bond motifs is 1. The molecule has 0 spiro atoms. The first-order chi connectivity index (χ1) is 18.8. The Bertz CT molecular complexity index is 1510. The number of halogens is 2. The SMILES string of the molecule is CNC(=O)c1ccc(Nc2ncc(C(C)(F)F)c(NC3CCc4ccccc4C3N(C)S(C)(=O)=O)n2)c(OC)c1. The van der Waals surface area contributed by atoms with Gasteiger partial charge in [-0.2, -0.15) is 9.29 Å². The predicted molar refractivity (Wildman–Crippen MR) is 149 cm³/mol. The van der Waals surface area contributed by atoms with Gasteiger partial charge in [0.05, 0.1) is 30.7 Å². The standard InChI is InChI=1S/C27H32F2N6O4S/c1-27(28,29)19-15-31-26(33-20-12-11-17(25(36)30-2)14-22(20)39-4)34-24(19)32-21-13-10-16-8-6-7-9-18(16)23(21)35(3)40(5,37)38/h6-9,11-12,14-15,21,23H,10,13H2,1-5H3,(H,30,36)(H2,31,32,33,34). The van der Waals surface area contributed by atoms with E-state index in [9.17, 15) is 22.0 Å². The Morgan fingerprint density at radius 3 is 2.58 bits per heavy atom. The summed E-state index contributed by atoms with van der Waals surface area (Å²) >= 11 is 0. The topological polar surface area (TPSA) is 126 Å². The van der Waals surface area contributed by atoms with Gasteiger partial charge < -0.3 is 20.7 Å². The fourth-order valence-electron chi connectivity index (χ4n) is 4.79. The van der Waals surface area contributed by atoms with Gasteiger partial charge in [0.25, 0.3) is 11.8 Å². The van der Waals surface area contributed by atoms with Crippen LogP contribution in [-0.4, -0.2) is 62.1 Å². The minimum absolute atomic E-state index is 0.00530. The number of ether oxygens (including phenoxy) is 1. The van der Waals surface area contributed by atoms with E-state index in [1.54, 1.807) is 12.1 Å². The number of rotatable bonds is 9. The number of aromatic nitrogens is 2. The smallest absolute Gasteiger partial charge is 0.275 e. The van der Waals surface area contributed by atoms with Crippen molar-refractivity contribution in [2.75, 3.05) is 38.1 Å². The molecule has 2 atom stereocenters. The number of nitrogens with zero attached hydrogens (tertiary/aromatic N) is 3.